The second kappa shape index (κ2) is 7.24. The minimum Gasteiger partial charge on any atom is -0.469 e. The van der Waals surface area contributed by atoms with Crippen LogP contribution in [0.3, 0.4) is 0 Å². The number of carbonyl (C=O) groups excluding carboxylic acids is 2. The number of nitrogens with one attached hydrogen (secondary N) is 1. The lowest BCUT2D eigenvalue weighted by atomic mass is 10.3. The Labute approximate surface area is 102 Å². The third-order valence-corrected chi connectivity index (χ3v) is 2.80. The van der Waals surface area contributed by atoms with Crippen LogP contribution in [0, 0.1) is 0 Å². The van der Waals surface area contributed by atoms with Crippen LogP contribution in [0.2, 0.25) is 0 Å². The Morgan fingerprint density at radius 2 is 2.00 bits per heavy atom. The van der Waals surface area contributed by atoms with E-state index in [1.54, 1.807) is 0 Å². The van der Waals surface area contributed by atoms with Crippen molar-refractivity contribution in [3.8, 4) is 0 Å². The number of methoxy groups -OCH3 is 1. The monoisotopic (exact) mass is 243 g/mol. The number of nitrogens with zero attached hydrogens (tertiary/aromatic N) is 2. The van der Waals surface area contributed by atoms with Gasteiger partial charge in [-0.25, -0.2) is 0 Å². The molecule has 0 saturated carbocycles. The molecule has 0 atom stereocenters. The molecule has 1 rings (SSSR count). The fourth-order valence-corrected chi connectivity index (χ4v) is 1.71. The maximum atomic E-state index is 11.9. The van der Waals surface area contributed by atoms with Crippen molar-refractivity contribution in [3.05, 3.63) is 0 Å². The fourth-order valence-electron chi connectivity index (χ4n) is 1.71. The van der Waals surface area contributed by atoms with E-state index in [1.807, 2.05) is 16.8 Å². The van der Waals surface area contributed by atoms with Gasteiger partial charge in [0, 0.05) is 32.7 Å². The molecular weight excluding hydrogens is 222 g/mol. The third kappa shape index (κ3) is 5.14. The summed E-state index contributed by atoms with van der Waals surface area (Å²) in [4.78, 5) is 26.5. The second-order valence-electron chi connectivity index (χ2n) is 4.19. The van der Waals surface area contributed by atoms with Crippen molar-refractivity contribution in [3.63, 3.8) is 0 Å². The smallest absolute Gasteiger partial charge is 0.306 e. The first kappa shape index (κ1) is 13.9. The van der Waals surface area contributed by atoms with Crippen LogP contribution >= 0.6 is 0 Å². The first-order chi connectivity index (χ1) is 8.13. The molecule has 1 aliphatic heterocycles. The SMILES string of the molecule is COC(=O)CCN(C)CC(=O)N1CCNCC1. The molecule has 0 aliphatic carbocycles. The molecule has 1 saturated heterocycles. The molecule has 17 heavy (non-hydrogen) atoms. The van der Waals surface area contributed by atoms with Crippen LogP contribution in [0.4, 0.5) is 0 Å². The summed E-state index contributed by atoms with van der Waals surface area (Å²) in [7, 11) is 3.21. The molecular formula is C11H21N3O3. The van der Waals surface area contributed by atoms with Gasteiger partial charge in [0.05, 0.1) is 20.1 Å². The summed E-state index contributed by atoms with van der Waals surface area (Å²) >= 11 is 0. The normalized spacial score (nSPS) is 16.1. The van der Waals surface area contributed by atoms with Gasteiger partial charge in [0.2, 0.25) is 5.91 Å². The summed E-state index contributed by atoms with van der Waals surface area (Å²) < 4.78 is 4.55. The molecule has 0 radical (unpaired) electrons. The van der Waals surface area contributed by atoms with Crippen LogP contribution in [0.5, 0.6) is 0 Å². The van der Waals surface area contributed by atoms with Gasteiger partial charge in [-0.05, 0) is 7.05 Å². The highest BCUT2D eigenvalue weighted by Gasteiger charge is 2.17. The molecule has 0 aromatic heterocycles. The summed E-state index contributed by atoms with van der Waals surface area (Å²) in [6, 6.07) is 0. The number of amides is 1. The van der Waals surface area contributed by atoms with Crippen LogP contribution in [0.25, 0.3) is 0 Å². The highest BCUT2D eigenvalue weighted by atomic mass is 16.5. The molecule has 1 amide bonds. The van der Waals surface area contributed by atoms with Crippen LogP contribution in [0.15, 0.2) is 0 Å². The molecule has 0 bridgehead atoms. The predicted molar refractivity (Wildman–Crippen MR) is 63.6 cm³/mol. The summed E-state index contributed by atoms with van der Waals surface area (Å²) in [6.07, 6.45) is 0.321. The van der Waals surface area contributed by atoms with E-state index in [2.05, 4.69) is 10.1 Å². The lowest BCUT2D eigenvalue weighted by Gasteiger charge is -2.29. The van der Waals surface area contributed by atoms with Crippen molar-refractivity contribution < 1.29 is 14.3 Å². The van der Waals surface area contributed by atoms with Gasteiger partial charge in [-0.15, -0.1) is 0 Å². The Balaban J connectivity index is 2.22. The van der Waals surface area contributed by atoms with E-state index >= 15 is 0 Å². The third-order valence-electron chi connectivity index (χ3n) is 2.80. The van der Waals surface area contributed by atoms with E-state index < -0.39 is 0 Å². The van der Waals surface area contributed by atoms with Crippen molar-refractivity contribution in [2.45, 2.75) is 6.42 Å². The van der Waals surface area contributed by atoms with E-state index in [0.29, 0.717) is 19.5 Å². The zero-order valence-electron chi connectivity index (χ0n) is 10.6. The topological polar surface area (TPSA) is 61.9 Å². The van der Waals surface area contributed by atoms with E-state index in [0.717, 1.165) is 26.2 Å². The molecule has 1 fully saturated rings. The molecule has 0 unspecified atom stereocenters. The van der Waals surface area contributed by atoms with Gasteiger partial charge >= 0.3 is 5.97 Å². The molecule has 6 heteroatoms. The highest BCUT2D eigenvalue weighted by Crippen LogP contribution is 1.96. The van der Waals surface area contributed by atoms with E-state index in [1.165, 1.54) is 7.11 Å². The van der Waals surface area contributed by atoms with E-state index in [4.69, 9.17) is 0 Å². The number of likely N-dealkylation sites (N-methyl/N-ethyl adjacent to an activating group) is 1. The van der Waals surface area contributed by atoms with Crippen LogP contribution < -0.4 is 5.32 Å². The number of hydrogen-bond donors (Lipinski definition) is 1. The Kier molecular flexibility index (Phi) is 5.93. The molecule has 0 aromatic carbocycles. The number of rotatable bonds is 5. The fraction of sp³-hybridized carbons (Fsp3) is 0.818. The Morgan fingerprint density at radius 1 is 1.35 bits per heavy atom. The molecule has 1 N–H and O–H groups in total. The van der Waals surface area contributed by atoms with Crippen molar-refractivity contribution in [1.29, 1.82) is 0 Å². The van der Waals surface area contributed by atoms with Crippen LogP contribution in [-0.2, 0) is 14.3 Å². The first-order valence-corrected chi connectivity index (χ1v) is 5.87. The second-order valence-corrected chi connectivity index (χ2v) is 4.19. The quantitative estimate of drug-likeness (QED) is 0.622. The zero-order chi connectivity index (χ0) is 12.7. The number of hydrogen-bond acceptors (Lipinski definition) is 5. The summed E-state index contributed by atoms with van der Waals surface area (Å²) in [5.74, 6) is -0.120. The first-order valence-electron chi connectivity index (χ1n) is 5.87. The van der Waals surface area contributed by atoms with Gasteiger partial charge in [-0.1, -0.05) is 0 Å². The average molecular weight is 243 g/mol. The lowest BCUT2D eigenvalue weighted by Crippen LogP contribution is -2.49. The number of piperazine rings is 1. The highest BCUT2D eigenvalue weighted by molar-refractivity contribution is 5.78. The van der Waals surface area contributed by atoms with Crippen molar-refractivity contribution in [2.24, 2.45) is 0 Å². The number of esters is 1. The van der Waals surface area contributed by atoms with Crippen LogP contribution in [-0.4, -0.2) is 75.1 Å². The largest absolute Gasteiger partial charge is 0.469 e. The average Bonchev–Trinajstić information content (AvgIpc) is 2.36. The lowest BCUT2D eigenvalue weighted by molar-refractivity contribution is -0.141. The van der Waals surface area contributed by atoms with Gasteiger partial charge in [-0.3, -0.25) is 14.5 Å². The minimum atomic E-state index is -0.244. The van der Waals surface area contributed by atoms with Gasteiger partial charge < -0.3 is 15.0 Å². The van der Waals surface area contributed by atoms with Crippen LogP contribution in [0.1, 0.15) is 6.42 Å². The summed E-state index contributed by atoms with van der Waals surface area (Å²) in [6.45, 7) is 4.16. The Morgan fingerprint density at radius 3 is 2.59 bits per heavy atom. The molecule has 0 spiro atoms. The Bertz CT molecular complexity index is 265. The molecule has 1 heterocycles. The zero-order valence-corrected chi connectivity index (χ0v) is 10.6. The predicted octanol–water partition coefficient (Wildman–Crippen LogP) is -1.09. The van der Waals surface area contributed by atoms with Crippen molar-refractivity contribution in [2.75, 3.05) is 53.4 Å². The molecule has 1 aliphatic rings. The Hall–Kier alpha value is -1.14. The van der Waals surface area contributed by atoms with Gasteiger partial charge in [0.15, 0.2) is 0 Å². The molecule has 0 aromatic rings. The summed E-state index contributed by atoms with van der Waals surface area (Å²) in [5.41, 5.74) is 0. The van der Waals surface area contributed by atoms with E-state index in [-0.39, 0.29) is 11.9 Å². The van der Waals surface area contributed by atoms with E-state index in [9.17, 15) is 9.59 Å². The van der Waals surface area contributed by atoms with Gasteiger partial charge in [0.1, 0.15) is 0 Å². The van der Waals surface area contributed by atoms with Gasteiger partial charge in [0.25, 0.3) is 0 Å². The van der Waals surface area contributed by atoms with Crippen molar-refractivity contribution in [1.82, 2.24) is 15.1 Å². The number of ether oxygens (including phenoxy) is 1. The standard InChI is InChI=1S/C11H21N3O3/c1-13(6-3-11(16)17-2)9-10(15)14-7-4-12-5-8-14/h12H,3-9H2,1-2H3. The maximum absolute atomic E-state index is 11.9. The minimum absolute atomic E-state index is 0.124. The maximum Gasteiger partial charge on any atom is 0.306 e. The van der Waals surface area contributed by atoms with Gasteiger partial charge in [-0.2, -0.15) is 0 Å². The molecule has 98 valence electrons. The van der Waals surface area contributed by atoms with Crippen molar-refractivity contribution >= 4 is 11.9 Å². The molecule has 6 nitrogen and oxygen atoms in total. The number of carbonyl (C=O) groups is 2. The summed E-state index contributed by atoms with van der Waals surface area (Å²) in [5, 5.41) is 3.20.